The van der Waals surface area contributed by atoms with Crippen molar-refractivity contribution in [1.29, 1.82) is 0 Å². The third-order valence-corrected chi connectivity index (χ3v) is 7.91. The van der Waals surface area contributed by atoms with E-state index >= 15 is 4.39 Å². The van der Waals surface area contributed by atoms with Gasteiger partial charge in [-0.25, -0.2) is 32.5 Å². The predicted molar refractivity (Wildman–Crippen MR) is 135 cm³/mol. The van der Waals surface area contributed by atoms with Crippen molar-refractivity contribution in [2.75, 3.05) is 30.8 Å². The first kappa shape index (κ1) is 26.1. The predicted octanol–water partition coefficient (Wildman–Crippen LogP) is 3.40. The number of methoxy groups -OCH3 is 1. The van der Waals surface area contributed by atoms with E-state index in [4.69, 9.17) is 16.2 Å². The quantitative estimate of drug-likeness (QED) is 0.298. The maximum absolute atomic E-state index is 15.2. The average Bonchev–Trinajstić information content (AvgIpc) is 3.50. The van der Waals surface area contributed by atoms with Crippen LogP contribution in [0.3, 0.4) is 0 Å². The van der Waals surface area contributed by atoms with Crippen molar-refractivity contribution in [3.05, 3.63) is 47.4 Å². The SMILES string of the molecule is COc1cc(F)c(-c2csc(N3CCC[C@](N)([C@H](O)C(F)F)C3)c2Cn2cnc3c(N)ncnc32)cc1F. The molecule has 1 aromatic carbocycles. The summed E-state index contributed by atoms with van der Waals surface area (Å²) in [4.78, 5) is 14.3. The second-order valence-electron chi connectivity index (χ2n) is 9.24. The number of nitrogen functional groups attached to an aromatic ring is 1. The zero-order valence-corrected chi connectivity index (χ0v) is 21.1. The highest BCUT2D eigenvalue weighted by Gasteiger charge is 2.43. The maximum atomic E-state index is 15.2. The van der Waals surface area contributed by atoms with Gasteiger partial charge < -0.3 is 30.8 Å². The van der Waals surface area contributed by atoms with E-state index in [0.29, 0.717) is 40.3 Å². The van der Waals surface area contributed by atoms with E-state index in [1.807, 2.05) is 0 Å². The van der Waals surface area contributed by atoms with Crippen molar-refractivity contribution < 1.29 is 27.4 Å². The molecule has 0 aliphatic carbocycles. The number of fused-ring (bicyclic) bond motifs is 1. The first-order chi connectivity index (χ1) is 18.1. The molecule has 4 aromatic rings. The van der Waals surface area contributed by atoms with Crippen molar-refractivity contribution >= 4 is 33.3 Å². The average molecular weight is 552 g/mol. The Labute approximate surface area is 218 Å². The summed E-state index contributed by atoms with van der Waals surface area (Å²) in [5.74, 6) is -1.49. The Hall–Kier alpha value is -3.49. The number of aliphatic hydroxyl groups is 1. The number of nitrogens with zero attached hydrogens (tertiary/aromatic N) is 5. The Morgan fingerprint density at radius 1 is 1.18 bits per heavy atom. The lowest BCUT2D eigenvalue weighted by Crippen LogP contribution is -2.63. The third-order valence-electron chi connectivity index (χ3n) is 6.83. The number of alkyl halides is 2. The summed E-state index contributed by atoms with van der Waals surface area (Å²) in [7, 11) is 1.24. The summed E-state index contributed by atoms with van der Waals surface area (Å²) in [6.07, 6.45) is -1.55. The molecule has 5 N–H and O–H groups in total. The number of imidazole rings is 1. The Morgan fingerprint density at radius 2 is 1.97 bits per heavy atom. The smallest absolute Gasteiger partial charge is 0.265 e. The number of nitrogens with two attached hydrogens (primary N) is 2. The van der Waals surface area contributed by atoms with E-state index in [0.717, 1.165) is 12.1 Å². The van der Waals surface area contributed by atoms with Crippen LogP contribution in [0.2, 0.25) is 0 Å². The van der Waals surface area contributed by atoms with Crippen LogP contribution in [-0.4, -0.2) is 62.9 Å². The summed E-state index contributed by atoms with van der Waals surface area (Å²) in [6, 6.07) is 2.02. The van der Waals surface area contributed by atoms with Crippen LogP contribution < -0.4 is 21.1 Å². The highest BCUT2D eigenvalue weighted by atomic mass is 32.1. The highest BCUT2D eigenvalue weighted by Crippen LogP contribution is 2.43. The van der Waals surface area contributed by atoms with Gasteiger partial charge in [0.05, 0.1) is 30.5 Å². The van der Waals surface area contributed by atoms with E-state index < -0.39 is 29.7 Å². The van der Waals surface area contributed by atoms with E-state index in [1.54, 1.807) is 14.8 Å². The second-order valence-corrected chi connectivity index (χ2v) is 10.1. The molecule has 2 atom stereocenters. The summed E-state index contributed by atoms with van der Waals surface area (Å²) in [5.41, 5.74) is 12.4. The van der Waals surface area contributed by atoms with Crippen LogP contribution in [0.5, 0.6) is 5.75 Å². The van der Waals surface area contributed by atoms with Crippen molar-refractivity contribution in [2.45, 2.75) is 37.5 Å². The zero-order chi connectivity index (χ0) is 27.2. The molecule has 0 spiro atoms. The van der Waals surface area contributed by atoms with Gasteiger partial charge in [0.25, 0.3) is 6.43 Å². The van der Waals surface area contributed by atoms with Gasteiger partial charge >= 0.3 is 0 Å². The van der Waals surface area contributed by atoms with Crippen molar-refractivity contribution in [3.8, 4) is 16.9 Å². The number of piperidine rings is 1. The molecular formula is C24H25F4N7O2S. The molecule has 0 bridgehead atoms. The zero-order valence-electron chi connectivity index (χ0n) is 20.2. The van der Waals surface area contributed by atoms with E-state index in [-0.39, 0.29) is 36.6 Å². The summed E-state index contributed by atoms with van der Waals surface area (Å²) in [5, 5.41) is 12.5. The van der Waals surface area contributed by atoms with Crippen molar-refractivity contribution in [3.63, 3.8) is 0 Å². The van der Waals surface area contributed by atoms with Gasteiger partial charge in [-0.3, -0.25) is 0 Å². The maximum Gasteiger partial charge on any atom is 0.265 e. The van der Waals surface area contributed by atoms with Gasteiger partial charge in [0, 0.05) is 41.2 Å². The lowest BCUT2D eigenvalue weighted by molar-refractivity contribution is -0.0529. The molecule has 0 radical (unpaired) electrons. The van der Waals surface area contributed by atoms with Gasteiger partial charge in [-0.05, 0) is 18.9 Å². The highest BCUT2D eigenvalue weighted by molar-refractivity contribution is 7.14. The van der Waals surface area contributed by atoms with Crippen LogP contribution in [0, 0.1) is 11.6 Å². The Bertz CT molecular complexity index is 1480. The van der Waals surface area contributed by atoms with E-state index in [2.05, 4.69) is 15.0 Å². The lowest BCUT2D eigenvalue weighted by Gasteiger charge is -2.43. The van der Waals surface area contributed by atoms with Gasteiger partial charge in [-0.1, -0.05) is 0 Å². The van der Waals surface area contributed by atoms with Crippen LogP contribution >= 0.6 is 11.3 Å². The molecule has 1 aliphatic heterocycles. The van der Waals surface area contributed by atoms with E-state index in [9.17, 15) is 18.3 Å². The fourth-order valence-corrected chi connectivity index (χ4v) is 5.99. The van der Waals surface area contributed by atoms with Crippen LogP contribution in [0.15, 0.2) is 30.2 Å². The lowest BCUT2D eigenvalue weighted by atomic mass is 9.84. The fraction of sp³-hybridized carbons (Fsp3) is 0.375. The Balaban J connectivity index is 1.62. The van der Waals surface area contributed by atoms with Gasteiger partial charge in [-0.15, -0.1) is 11.3 Å². The summed E-state index contributed by atoms with van der Waals surface area (Å²) >= 11 is 1.24. The van der Waals surface area contributed by atoms with Crippen LogP contribution in [-0.2, 0) is 6.54 Å². The summed E-state index contributed by atoms with van der Waals surface area (Å²) < 4.78 is 63.2. The van der Waals surface area contributed by atoms with Gasteiger partial charge in [0.15, 0.2) is 23.0 Å². The molecule has 1 fully saturated rings. The minimum Gasteiger partial charge on any atom is -0.494 e. The monoisotopic (exact) mass is 551 g/mol. The molecule has 14 heteroatoms. The number of anilines is 2. The molecule has 202 valence electrons. The largest absolute Gasteiger partial charge is 0.494 e. The number of hydrogen-bond donors (Lipinski definition) is 3. The molecule has 3 aromatic heterocycles. The number of ether oxygens (including phenoxy) is 1. The molecule has 0 amide bonds. The number of aliphatic hydroxyl groups excluding tert-OH is 1. The number of rotatable bonds is 7. The Morgan fingerprint density at radius 3 is 2.71 bits per heavy atom. The van der Waals surface area contributed by atoms with Gasteiger partial charge in [0.1, 0.15) is 23.8 Å². The van der Waals surface area contributed by atoms with Crippen LogP contribution in [0.1, 0.15) is 18.4 Å². The van der Waals surface area contributed by atoms with Crippen molar-refractivity contribution in [1.82, 2.24) is 19.5 Å². The van der Waals surface area contributed by atoms with Crippen LogP contribution in [0.25, 0.3) is 22.3 Å². The topological polar surface area (TPSA) is 128 Å². The van der Waals surface area contributed by atoms with E-state index in [1.165, 1.54) is 31.1 Å². The second kappa shape index (κ2) is 10.0. The van der Waals surface area contributed by atoms with Crippen LogP contribution in [0.4, 0.5) is 28.4 Å². The summed E-state index contributed by atoms with van der Waals surface area (Å²) in [6.45, 7) is 0.547. The number of benzene rings is 1. The molecule has 1 saturated heterocycles. The molecule has 0 saturated carbocycles. The normalized spacial score (nSPS) is 18.9. The molecule has 0 unspecified atom stereocenters. The van der Waals surface area contributed by atoms with Gasteiger partial charge in [0.2, 0.25) is 0 Å². The third kappa shape index (κ3) is 4.52. The van der Waals surface area contributed by atoms with Crippen molar-refractivity contribution in [2.24, 2.45) is 5.73 Å². The molecule has 4 heterocycles. The molecule has 5 rings (SSSR count). The van der Waals surface area contributed by atoms with Gasteiger partial charge in [-0.2, -0.15) is 0 Å². The first-order valence-corrected chi connectivity index (χ1v) is 12.6. The molecule has 1 aliphatic rings. The minimum absolute atomic E-state index is 0.00277. The standard InChI is InChI=1S/C24H25F4N7O2S/c1-37-17-6-15(25)12(5-16(17)26)14-8-38-23(34-4-2-3-24(30,9-34)19(36)20(27)28)13(14)7-35-11-33-18-21(29)31-10-32-22(18)35/h5-6,8,10-11,19-20,36H,2-4,7,9,30H2,1H3,(H2,29,31,32)/t19-,24-/m1/s1. The minimum atomic E-state index is -3.00. The number of aromatic nitrogens is 4. The Kier molecular flexibility index (Phi) is 6.88. The molecular weight excluding hydrogens is 526 g/mol. The number of hydrogen-bond acceptors (Lipinski definition) is 9. The number of halogens is 4. The molecule has 38 heavy (non-hydrogen) atoms. The molecule has 9 nitrogen and oxygen atoms in total. The fourth-order valence-electron chi connectivity index (χ4n) is 4.87. The number of thiophene rings is 1. The first-order valence-electron chi connectivity index (χ1n) is 11.7.